The summed E-state index contributed by atoms with van der Waals surface area (Å²) in [7, 11) is 4.33. The van der Waals surface area contributed by atoms with Crippen LogP contribution in [0.3, 0.4) is 0 Å². The van der Waals surface area contributed by atoms with Gasteiger partial charge >= 0.3 is 0 Å². The van der Waals surface area contributed by atoms with Crippen LogP contribution in [0.25, 0.3) is 0 Å². The Morgan fingerprint density at radius 2 is 1.32 bits per heavy atom. The summed E-state index contributed by atoms with van der Waals surface area (Å²) in [5.41, 5.74) is 1.92. The number of rotatable bonds is 12. The van der Waals surface area contributed by atoms with Crippen molar-refractivity contribution in [3.63, 3.8) is 0 Å². The van der Waals surface area contributed by atoms with Crippen molar-refractivity contribution in [1.29, 1.82) is 0 Å². The number of unbranched alkanes of at least 4 members (excludes halogenated alkanes) is 6. The van der Waals surface area contributed by atoms with Crippen LogP contribution in [0.4, 0.5) is 0 Å². The summed E-state index contributed by atoms with van der Waals surface area (Å²) in [5.74, 6) is 0. The Labute approximate surface area is 139 Å². The topological polar surface area (TPSA) is 3.24 Å². The van der Waals surface area contributed by atoms with E-state index in [1.165, 1.54) is 69.9 Å². The fourth-order valence-corrected chi connectivity index (χ4v) is 3.15. The van der Waals surface area contributed by atoms with E-state index in [1.54, 1.807) is 0 Å². The minimum atomic E-state index is 0.438. The molecule has 0 aliphatic heterocycles. The van der Waals surface area contributed by atoms with Crippen LogP contribution in [-0.4, -0.2) is 25.5 Å². The SMILES string of the molecule is CN(C)CCCCCCCCCC(C)(C)Cc1ccccc1. The molecule has 0 amide bonds. The quantitative estimate of drug-likeness (QED) is 0.432. The molecule has 1 nitrogen and oxygen atoms in total. The Morgan fingerprint density at radius 3 is 1.91 bits per heavy atom. The van der Waals surface area contributed by atoms with E-state index in [-0.39, 0.29) is 0 Å². The zero-order valence-electron chi connectivity index (χ0n) is 15.4. The summed E-state index contributed by atoms with van der Waals surface area (Å²) in [6.45, 7) is 6.08. The third-order valence-electron chi connectivity index (χ3n) is 4.48. The van der Waals surface area contributed by atoms with Gasteiger partial charge in [-0.25, -0.2) is 0 Å². The minimum absolute atomic E-state index is 0.438. The molecule has 126 valence electrons. The van der Waals surface area contributed by atoms with Gasteiger partial charge in [0.05, 0.1) is 0 Å². The highest BCUT2D eigenvalue weighted by Crippen LogP contribution is 2.28. The van der Waals surface area contributed by atoms with E-state index in [0.717, 1.165) is 0 Å². The Balaban J connectivity index is 2.01. The van der Waals surface area contributed by atoms with Gasteiger partial charge < -0.3 is 4.90 Å². The van der Waals surface area contributed by atoms with Gasteiger partial charge in [0.15, 0.2) is 0 Å². The lowest BCUT2D eigenvalue weighted by Crippen LogP contribution is -2.14. The Hall–Kier alpha value is -0.820. The summed E-state index contributed by atoms with van der Waals surface area (Å²) >= 11 is 0. The van der Waals surface area contributed by atoms with Crippen LogP contribution in [0, 0.1) is 5.41 Å². The van der Waals surface area contributed by atoms with E-state index in [1.807, 2.05) is 0 Å². The minimum Gasteiger partial charge on any atom is -0.309 e. The van der Waals surface area contributed by atoms with Crippen molar-refractivity contribution in [3.8, 4) is 0 Å². The van der Waals surface area contributed by atoms with Crippen molar-refractivity contribution in [1.82, 2.24) is 4.90 Å². The van der Waals surface area contributed by atoms with E-state index in [9.17, 15) is 0 Å². The highest BCUT2D eigenvalue weighted by Gasteiger charge is 2.17. The molecule has 0 radical (unpaired) electrons. The summed E-state index contributed by atoms with van der Waals surface area (Å²) in [5, 5.41) is 0. The molecule has 0 saturated heterocycles. The van der Waals surface area contributed by atoms with Gasteiger partial charge in [0.25, 0.3) is 0 Å². The monoisotopic (exact) mass is 303 g/mol. The maximum atomic E-state index is 2.42. The Morgan fingerprint density at radius 1 is 0.773 bits per heavy atom. The van der Waals surface area contributed by atoms with Gasteiger partial charge in [0.1, 0.15) is 0 Å². The first kappa shape index (κ1) is 19.2. The molecule has 0 aliphatic rings. The second-order valence-corrected chi connectivity index (χ2v) is 7.85. The van der Waals surface area contributed by atoms with Crippen LogP contribution < -0.4 is 0 Å². The predicted octanol–water partition coefficient (Wildman–Crippen LogP) is 5.94. The molecule has 0 aliphatic carbocycles. The largest absolute Gasteiger partial charge is 0.309 e. The first-order chi connectivity index (χ1) is 10.5. The molecule has 0 fully saturated rings. The van der Waals surface area contributed by atoms with Crippen molar-refractivity contribution >= 4 is 0 Å². The van der Waals surface area contributed by atoms with Crippen molar-refractivity contribution < 1.29 is 0 Å². The predicted molar refractivity (Wildman–Crippen MR) is 99.4 cm³/mol. The average Bonchev–Trinajstić information content (AvgIpc) is 2.45. The van der Waals surface area contributed by atoms with Crippen molar-refractivity contribution in [3.05, 3.63) is 35.9 Å². The number of hydrogen-bond donors (Lipinski definition) is 0. The maximum absolute atomic E-state index is 2.42. The normalized spacial score (nSPS) is 12.0. The van der Waals surface area contributed by atoms with Crippen molar-refractivity contribution in [2.45, 2.75) is 71.6 Å². The number of hydrogen-bond acceptors (Lipinski definition) is 1. The van der Waals surface area contributed by atoms with Crippen LogP contribution in [-0.2, 0) is 6.42 Å². The Bertz CT molecular complexity index is 367. The molecule has 0 N–H and O–H groups in total. The lowest BCUT2D eigenvalue weighted by atomic mass is 9.81. The van der Waals surface area contributed by atoms with E-state index in [2.05, 4.69) is 63.2 Å². The summed E-state index contributed by atoms with van der Waals surface area (Å²) in [6, 6.07) is 10.9. The van der Waals surface area contributed by atoms with Crippen molar-refractivity contribution in [2.75, 3.05) is 20.6 Å². The average molecular weight is 304 g/mol. The molecule has 0 aromatic heterocycles. The molecule has 0 saturated carbocycles. The highest BCUT2D eigenvalue weighted by atomic mass is 15.0. The molecule has 1 heteroatoms. The zero-order chi connectivity index (χ0) is 16.3. The standard InChI is InChI=1S/C21H37N/c1-21(2,19-20-15-11-10-12-16-20)17-13-8-6-5-7-9-14-18-22(3)4/h10-12,15-16H,5-9,13-14,17-19H2,1-4H3. The molecule has 0 heterocycles. The number of nitrogens with zero attached hydrogens (tertiary/aromatic N) is 1. The van der Waals surface area contributed by atoms with Crippen LogP contribution in [0.15, 0.2) is 30.3 Å². The van der Waals surface area contributed by atoms with Crippen LogP contribution in [0.1, 0.15) is 70.8 Å². The molecule has 0 atom stereocenters. The molecular formula is C21H37N. The van der Waals surface area contributed by atoms with Crippen LogP contribution in [0.2, 0.25) is 0 Å². The third kappa shape index (κ3) is 10.00. The first-order valence-electron chi connectivity index (χ1n) is 9.18. The molecule has 0 bridgehead atoms. The van der Waals surface area contributed by atoms with Gasteiger partial charge in [-0.1, -0.05) is 82.7 Å². The molecule has 1 aromatic rings. The molecule has 0 spiro atoms. The van der Waals surface area contributed by atoms with Crippen molar-refractivity contribution in [2.24, 2.45) is 5.41 Å². The Kier molecular flexibility index (Phi) is 9.47. The molecule has 1 aromatic carbocycles. The first-order valence-corrected chi connectivity index (χ1v) is 9.18. The molecule has 22 heavy (non-hydrogen) atoms. The third-order valence-corrected chi connectivity index (χ3v) is 4.48. The second kappa shape index (κ2) is 10.8. The van der Waals surface area contributed by atoms with E-state index < -0.39 is 0 Å². The fourth-order valence-electron chi connectivity index (χ4n) is 3.15. The van der Waals surface area contributed by atoms with E-state index in [0.29, 0.717) is 5.41 Å². The smallest absolute Gasteiger partial charge is 0.00248 e. The summed E-state index contributed by atoms with van der Waals surface area (Å²) in [4.78, 5) is 2.29. The molecule has 0 unspecified atom stereocenters. The van der Waals surface area contributed by atoms with E-state index >= 15 is 0 Å². The van der Waals surface area contributed by atoms with Crippen LogP contribution in [0.5, 0.6) is 0 Å². The summed E-state index contributed by atoms with van der Waals surface area (Å²) in [6.07, 6.45) is 12.4. The van der Waals surface area contributed by atoms with Gasteiger partial charge in [-0.3, -0.25) is 0 Å². The van der Waals surface area contributed by atoms with Gasteiger partial charge in [-0.15, -0.1) is 0 Å². The second-order valence-electron chi connectivity index (χ2n) is 7.85. The number of benzene rings is 1. The highest BCUT2D eigenvalue weighted by molar-refractivity contribution is 5.16. The maximum Gasteiger partial charge on any atom is -0.00248 e. The summed E-state index contributed by atoms with van der Waals surface area (Å²) < 4.78 is 0. The van der Waals surface area contributed by atoms with E-state index in [4.69, 9.17) is 0 Å². The van der Waals surface area contributed by atoms with Gasteiger partial charge in [-0.05, 0) is 50.9 Å². The van der Waals surface area contributed by atoms with Gasteiger partial charge in [-0.2, -0.15) is 0 Å². The van der Waals surface area contributed by atoms with Crippen LogP contribution >= 0.6 is 0 Å². The van der Waals surface area contributed by atoms with Gasteiger partial charge in [0, 0.05) is 0 Å². The lowest BCUT2D eigenvalue weighted by Gasteiger charge is -2.24. The lowest BCUT2D eigenvalue weighted by molar-refractivity contribution is 0.316. The molecule has 1 rings (SSSR count). The zero-order valence-corrected chi connectivity index (χ0v) is 15.4. The van der Waals surface area contributed by atoms with Gasteiger partial charge in [0.2, 0.25) is 0 Å². The molecular weight excluding hydrogens is 266 g/mol. The fraction of sp³-hybridized carbons (Fsp3) is 0.714.